The molecule has 0 rings (SSSR count). The molecule has 31 heavy (non-hydrogen) atoms. The zero-order chi connectivity index (χ0) is 23.6. The molecule has 0 aromatic carbocycles. The molecular formula is C26H49N2O3+. The second kappa shape index (κ2) is 17.0. The maximum Gasteiger partial charge on any atom is 0.388 e. The minimum absolute atomic E-state index is 0.158. The Kier molecular flexibility index (Phi) is 16.1. The second-order valence-corrected chi connectivity index (χ2v) is 9.46. The Morgan fingerprint density at radius 3 is 1.87 bits per heavy atom. The minimum Gasteiger partial charge on any atom is -0.475 e. The van der Waals surface area contributed by atoms with Crippen LogP contribution >= 0.6 is 0 Å². The van der Waals surface area contributed by atoms with Gasteiger partial charge in [-0.2, -0.15) is 0 Å². The number of likely N-dealkylation sites (N-methyl/N-ethyl adjacent to an activating group) is 1. The number of aliphatic carboxylic acids is 1. The largest absolute Gasteiger partial charge is 0.475 e. The summed E-state index contributed by atoms with van der Waals surface area (Å²) in [4.78, 5) is 24.4. The number of rotatable bonds is 19. The first-order chi connectivity index (χ1) is 14.7. The molecule has 0 aliphatic heterocycles. The maximum atomic E-state index is 12.4. The molecule has 0 spiro atoms. The molecule has 0 aliphatic rings. The highest BCUT2D eigenvalue weighted by Crippen LogP contribution is 2.23. The van der Waals surface area contributed by atoms with Crippen molar-refractivity contribution in [2.45, 2.75) is 109 Å². The topological polar surface area (TPSA) is 66.4 Å². The van der Waals surface area contributed by atoms with Crippen LogP contribution in [-0.4, -0.2) is 48.3 Å². The second-order valence-electron chi connectivity index (χ2n) is 9.46. The van der Waals surface area contributed by atoms with Gasteiger partial charge < -0.3 is 5.11 Å². The van der Waals surface area contributed by atoms with Gasteiger partial charge in [-0.15, -0.1) is 0 Å². The molecule has 5 heteroatoms. The van der Waals surface area contributed by atoms with E-state index in [1.807, 2.05) is 28.1 Å². The number of hydrogen-bond acceptors (Lipinski definition) is 2. The first-order valence-corrected chi connectivity index (χ1v) is 12.4. The molecule has 0 heterocycles. The summed E-state index contributed by atoms with van der Waals surface area (Å²) in [5, 5.41) is 12.6. The third-order valence-electron chi connectivity index (χ3n) is 5.81. The summed E-state index contributed by atoms with van der Waals surface area (Å²) in [5.74, 6) is -1.12. The molecule has 0 saturated heterocycles. The Hall–Kier alpha value is -1.62. The summed E-state index contributed by atoms with van der Waals surface area (Å²) in [7, 11) is 5.47. The van der Waals surface area contributed by atoms with Gasteiger partial charge in [0.15, 0.2) is 0 Å². The van der Waals surface area contributed by atoms with Crippen molar-refractivity contribution in [3.8, 4) is 0 Å². The first kappa shape index (κ1) is 29.4. The Labute approximate surface area is 191 Å². The number of hydrogen-bond donors (Lipinski definition) is 2. The van der Waals surface area contributed by atoms with Gasteiger partial charge in [-0.1, -0.05) is 70.3 Å². The highest BCUT2D eigenvalue weighted by Gasteiger charge is 2.51. The number of nitrogens with one attached hydrogen (secondary N) is 1. The molecule has 180 valence electrons. The van der Waals surface area contributed by atoms with Crippen LogP contribution in [0.4, 0.5) is 0 Å². The van der Waals surface area contributed by atoms with E-state index in [0.717, 1.165) is 32.1 Å². The van der Waals surface area contributed by atoms with Crippen LogP contribution in [0.2, 0.25) is 0 Å². The average molecular weight is 438 g/mol. The lowest BCUT2D eigenvalue weighted by Gasteiger charge is -2.43. The smallest absolute Gasteiger partial charge is 0.388 e. The van der Waals surface area contributed by atoms with E-state index in [2.05, 4.69) is 36.5 Å². The van der Waals surface area contributed by atoms with Crippen LogP contribution in [0.25, 0.3) is 0 Å². The van der Waals surface area contributed by atoms with Gasteiger partial charge in [-0.25, -0.2) is 4.79 Å². The van der Waals surface area contributed by atoms with Gasteiger partial charge in [0.2, 0.25) is 5.91 Å². The molecule has 1 unspecified atom stereocenters. The zero-order valence-electron chi connectivity index (χ0n) is 20.9. The summed E-state index contributed by atoms with van der Waals surface area (Å²) < 4.78 is 0.171. The van der Waals surface area contributed by atoms with Crippen LogP contribution in [0.3, 0.4) is 0 Å². The zero-order valence-corrected chi connectivity index (χ0v) is 20.9. The Morgan fingerprint density at radius 2 is 1.35 bits per heavy atom. The number of quaternary nitrogens is 1. The molecule has 5 nitrogen and oxygen atoms in total. The lowest BCUT2D eigenvalue weighted by Crippen LogP contribution is -2.71. The van der Waals surface area contributed by atoms with E-state index in [1.54, 1.807) is 0 Å². The molecule has 0 aromatic heterocycles. The monoisotopic (exact) mass is 437 g/mol. The number of amides is 1. The number of carbonyl (C=O) groups excluding carboxylic acids is 1. The van der Waals surface area contributed by atoms with Crippen LogP contribution in [-0.2, 0) is 9.59 Å². The van der Waals surface area contributed by atoms with E-state index in [9.17, 15) is 14.7 Å². The van der Waals surface area contributed by atoms with Crippen molar-refractivity contribution in [2.75, 3.05) is 21.1 Å². The molecule has 0 bridgehead atoms. The fourth-order valence-corrected chi connectivity index (χ4v) is 3.76. The number of carbonyl (C=O) groups is 2. The summed E-state index contributed by atoms with van der Waals surface area (Å²) in [6.45, 7) is 4.18. The fraction of sp³-hybridized carbons (Fsp3) is 0.769. The molecule has 2 N–H and O–H groups in total. The van der Waals surface area contributed by atoms with Crippen molar-refractivity contribution in [3.63, 3.8) is 0 Å². The van der Waals surface area contributed by atoms with E-state index < -0.39 is 11.6 Å². The van der Waals surface area contributed by atoms with Gasteiger partial charge in [0.05, 0.1) is 21.1 Å². The standard InChI is InChI=1S/C26H48N2O3/c1-6-8-9-10-11-12-13-14-15-16-17-18-19-20-21-22-24(29)27-26(23-7-2,25(30)31)28(3,4)5/h11-12,14-15H,6-10,13,16-23H2,1-5H3,(H-,27,29,30,31)/p+1. The molecule has 0 aliphatic carbocycles. The van der Waals surface area contributed by atoms with E-state index in [1.165, 1.54) is 38.5 Å². The van der Waals surface area contributed by atoms with Gasteiger partial charge in [-0.05, 0) is 44.9 Å². The lowest BCUT2D eigenvalue weighted by atomic mass is 9.99. The molecule has 0 radical (unpaired) electrons. The normalized spacial score (nSPS) is 14.2. The number of allylic oxidation sites excluding steroid dienone is 4. The van der Waals surface area contributed by atoms with Crippen molar-refractivity contribution in [2.24, 2.45) is 0 Å². The van der Waals surface area contributed by atoms with Crippen LogP contribution in [0, 0.1) is 0 Å². The van der Waals surface area contributed by atoms with Crippen LogP contribution in [0.1, 0.15) is 104 Å². The number of nitrogens with zero attached hydrogens (tertiary/aromatic N) is 1. The molecule has 0 saturated carbocycles. The number of carboxylic acid groups (broad SMARTS) is 1. The average Bonchev–Trinajstić information content (AvgIpc) is 2.69. The quantitative estimate of drug-likeness (QED) is 0.109. The minimum atomic E-state index is -1.26. The third kappa shape index (κ3) is 12.7. The van der Waals surface area contributed by atoms with Crippen LogP contribution in [0.15, 0.2) is 24.3 Å². The van der Waals surface area contributed by atoms with E-state index >= 15 is 0 Å². The van der Waals surface area contributed by atoms with Crippen molar-refractivity contribution in [3.05, 3.63) is 24.3 Å². The lowest BCUT2D eigenvalue weighted by molar-refractivity contribution is -0.917. The van der Waals surface area contributed by atoms with E-state index in [-0.39, 0.29) is 10.4 Å². The van der Waals surface area contributed by atoms with Gasteiger partial charge in [0.25, 0.3) is 5.66 Å². The summed E-state index contributed by atoms with van der Waals surface area (Å²) in [6, 6.07) is 0. The number of unbranched alkanes of at least 4 members (excludes halogenated alkanes) is 8. The predicted molar refractivity (Wildman–Crippen MR) is 131 cm³/mol. The summed E-state index contributed by atoms with van der Waals surface area (Å²) in [6.07, 6.45) is 23.1. The van der Waals surface area contributed by atoms with Crippen molar-refractivity contribution in [1.29, 1.82) is 0 Å². The van der Waals surface area contributed by atoms with Crippen molar-refractivity contribution >= 4 is 11.9 Å². The Bertz CT molecular complexity index is 549. The third-order valence-corrected chi connectivity index (χ3v) is 5.81. The number of carboxylic acids is 1. The Morgan fingerprint density at radius 1 is 0.806 bits per heavy atom. The van der Waals surface area contributed by atoms with E-state index in [4.69, 9.17) is 0 Å². The van der Waals surface area contributed by atoms with Crippen LogP contribution < -0.4 is 5.32 Å². The highest BCUT2D eigenvalue weighted by molar-refractivity contribution is 5.85. The van der Waals surface area contributed by atoms with Crippen molar-refractivity contribution in [1.82, 2.24) is 5.32 Å². The molecule has 0 fully saturated rings. The van der Waals surface area contributed by atoms with Gasteiger partial charge in [-0.3, -0.25) is 14.6 Å². The predicted octanol–water partition coefficient (Wildman–Crippen LogP) is 6.20. The van der Waals surface area contributed by atoms with E-state index in [0.29, 0.717) is 19.3 Å². The molecular weight excluding hydrogens is 388 g/mol. The fourth-order valence-electron chi connectivity index (χ4n) is 3.76. The van der Waals surface area contributed by atoms with Crippen molar-refractivity contribution < 1.29 is 19.2 Å². The molecule has 1 atom stereocenters. The summed E-state index contributed by atoms with van der Waals surface area (Å²) in [5.41, 5.74) is -1.26. The van der Waals surface area contributed by atoms with Gasteiger partial charge in [0, 0.05) is 12.8 Å². The highest BCUT2D eigenvalue weighted by atomic mass is 16.4. The van der Waals surface area contributed by atoms with Gasteiger partial charge >= 0.3 is 5.97 Å². The SMILES string of the molecule is CCCCCC=CCC=CCCCCCCCC(=O)NC(CCC)(C(=O)O)[N+](C)(C)C. The van der Waals surface area contributed by atoms with Gasteiger partial charge in [0.1, 0.15) is 0 Å². The maximum absolute atomic E-state index is 12.4. The molecule has 1 amide bonds. The molecule has 0 aromatic rings. The Balaban J connectivity index is 3.97. The first-order valence-electron chi connectivity index (χ1n) is 12.4. The van der Waals surface area contributed by atoms with Crippen LogP contribution in [0.5, 0.6) is 0 Å². The summed E-state index contributed by atoms with van der Waals surface area (Å²) >= 11 is 0.